The molecule has 6 heteroatoms. The summed E-state index contributed by atoms with van der Waals surface area (Å²) in [5.74, 6) is 1.94. The Morgan fingerprint density at radius 2 is 1.16 bits per heavy atom. The second-order valence-corrected chi connectivity index (χ2v) is 13.2. The van der Waals surface area contributed by atoms with Crippen molar-refractivity contribution in [1.29, 1.82) is 0 Å². The van der Waals surface area contributed by atoms with Crippen LogP contribution in [0.5, 0.6) is 0 Å². The highest BCUT2D eigenvalue weighted by Crippen LogP contribution is 2.50. The Morgan fingerprint density at radius 1 is 0.531 bits per heavy atom. The first-order valence-corrected chi connectivity index (χ1v) is 16.5. The molecule has 1 aliphatic rings. The molecule has 0 amide bonds. The predicted octanol–water partition coefficient (Wildman–Crippen LogP) is 10.4. The Bertz CT molecular complexity index is 2680. The normalized spacial score (nSPS) is 13.3. The third-order valence-electron chi connectivity index (χ3n) is 10.00. The SMILES string of the molecule is CC1(C)c2cc(-n3c4ccccc4c4cc(-c5nc(-c6ccccc6)nc(-c6ccccc6)n5)ccc43)ccc2-c2cc3ncoc3cc21. The summed E-state index contributed by atoms with van der Waals surface area (Å²) in [6.45, 7) is 4.59. The van der Waals surface area contributed by atoms with E-state index in [4.69, 9.17) is 19.4 Å². The minimum Gasteiger partial charge on any atom is -0.443 e. The Labute approximate surface area is 282 Å². The van der Waals surface area contributed by atoms with Crippen LogP contribution in [0.25, 0.3) is 83.9 Å². The molecule has 0 radical (unpaired) electrons. The average molecular weight is 632 g/mol. The highest BCUT2D eigenvalue weighted by molar-refractivity contribution is 6.10. The molecule has 0 spiro atoms. The van der Waals surface area contributed by atoms with Crippen LogP contribution in [0.2, 0.25) is 0 Å². The zero-order valence-corrected chi connectivity index (χ0v) is 26.9. The summed E-state index contributed by atoms with van der Waals surface area (Å²) in [6, 6.07) is 46.5. The van der Waals surface area contributed by atoms with Crippen molar-refractivity contribution < 1.29 is 4.42 Å². The number of hydrogen-bond acceptors (Lipinski definition) is 5. The van der Waals surface area contributed by atoms with Gasteiger partial charge >= 0.3 is 0 Å². The largest absolute Gasteiger partial charge is 0.443 e. The lowest BCUT2D eigenvalue weighted by molar-refractivity contribution is 0.598. The van der Waals surface area contributed by atoms with Crippen molar-refractivity contribution in [3.8, 4) is 51.0 Å². The number of fused-ring (bicyclic) bond motifs is 7. The predicted molar refractivity (Wildman–Crippen MR) is 196 cm³/mol. The van der Waals surface area contributed by atoms with E-state index in [2.05, 4.69) is 96.2 Å². The van der Waals surface area contributed by atoms with Crippen LogP contribution >= 0.6 is 0 Å². The van der Waals surface area contributed by atoms with E-state index in [9.17, 15) is 0 Å². The fourth-order valence-electron chi connectivity index (χ4n) is 7.54. The maximum atomic E-state index is 5.69. The van der Waals surface area contributed by atoms with Crippen LogP contribution in [-0.4, -0.2) is 24.5 Å². The van der Waals surface area contributed by atoms with E-state index in [1.165, 1.54) is 34.0 Å². The van der Waals surface area contributed by atoms with Gasteiger partial charge in [-0.3, -0.25) is 0 Å². The van der Waals surface area contributed by atoms with E-state index < -0.39 is 0 Å². The van der Waals surface area contributed by atoms with Gasteiger partial charge in [0.15, 0.2) is 29.4 Å². The molecule has 0 N–H and O–H groups in total. The molecule has 6 nitrogen and oxygen atoms in total. The number of para-hydroxylation sites is 1. The first-order valence-electron chi connectivity index (χ1n) is 16.5. The number of nitrogens with zero attached hydrogens (tertiary/aromatic N) is 5. The van der Waals surface area contributed by atoms with E-state index in [0.29, 0.717) is 17.5 Å². The van der Waals surface area contributed by atoms with Crippen molar-refractivity contribution >= 4 is 32.9 Å². The molecule has 0 saturated heterocycles. The smallest absolute Gasteiger partial charge is 0.181 e. The fraction of sp³-hybridized carbons (Fsp3) is 0.0698. The highest BCUT2D eigenvalue weighted by atomic mass is 16.3. The summed E-state index contributed by atoms with van der Waals surface area (Å²) >= 11 is 0. The molecule has 232 valence electrons. The summed E-state index contributed by atoms with van der Waals surface area (Å²) in [5.41, 5.74) is 12.8. The number of hydrogen-bond donors (Lipinski definition) is 0. The molecule has 9 aromatic rings. The topological polar surface area (TPSA) is 69.6 Å². The van der Waals surface area contributed by atoms with Gasteiger partial charge < -0.3 is 8.98 Å². The van der Waals surface area contributed by atoms with Crippen molar-refractivity contribution in [1.82, 2.24) is 24.5 Å². The van der Waals surface area contributed by atoms with E-state index in [1.807, 2.05) is 60.7 Å². The third kappa shape index (κ3) is 4.20. The summed E-state index contributed by atoms with van der Waals surface area (Å²) < 4.78 is 8.06. The molecule has 0 bridgehead atoms. The lowest BCUT2D eigenvalue weighted by Crippen LogP contribution is -2.15. The molecule has 1 aliphatic carbocycles. The van der Waals surface area contributed by atoms with Gasteiger partial charge in [0, 0.05) is 38.6 Å². The molecule has 6 aromatic carbocycles. The van der Waals surface area contributed by atoms with Crippen molar-refractivity contribution in [3.05, 3.63) is 151 Å². The molecular formula is C43H29N5O. The van der Waals surface area contributed by atoms with Gasteiger partial charge in [0.1, 0.15) is 5.52 Å². The van der Waals surface area contributed by atoms with Gasteiger partial charge in [0.05, 0.1) is 11.0 Å². The van der Waals surface area contributed by atoms with Crippen LogP contribution in [0.4, 0.5) is 0 Å². The van der Waals surface area contributed by atoms with Gasteiger partial charge in [0.2, 0.25) is 0 Å². The zero-order chi connectivity index (χ0) is 32.7. The summed E-state index contributed by atoms with van der Waals surface area (Å²) in [5, 5.41) is 2.32. The molecular weight excluding hydrogens is 603 g/mol. The van der Waals surface area contributed by atoms with E-state index in [-0.39, 0.29) is 5.41 Å². The monoisotopic (exact) mass is 631 g/mol. The maximum Gasteiger partial charge on any atom is 0.181 e. The van der Waals surface area contributed by atoms with Crippen molar-refractivity contribution in [2.45, 2.75) is 19.3 Å². The molecule has 49 heavy (non-hydrogen) atoms. The van der Waals surface area contributed by atoms with Gasteiger partial charge in [0.25, 0.3) is 0 Å². The molecule has 0 aliphatic heterocycles. The van der Waals surface area contributed by atoms with E-state index in [0.717, 1.165) is 49.9 Å². The minimum absolute atomic E-state index is 0.195. The molecule has 0 fully saturated rings. The molecule has 0 unspecified atom stereocenters. The zero-order valence-electron chi connectivity index (χ0n) is 26.9. The third-order valence-corrected chi connectivity index (χ3v) is 10.00. The van der Waals surface area contributed by atoms with Crippen molar-refractivity contribution in [2.24, 2.45) is 0 Å². The number of benzene rings is 6. The second kappa shape index (κ2) is 10.3. The minimum atomic E-state index is -0.195. The molecule has 0 saturated carbocycles. The lowest BCUT2D eigenvalue weighted by atomic mass is 9.82. The number of rotatable bonds is 4. The Kier molecular flexibility index (Phi) is 5.82. The quantitative estimate of drug-likeness (QED) is 0.193. The Morgan fingerprint density at radius 3 is 1.90 bits per heavy atom. The van der Waals surface area contributed by atoms with Gasteiger partial charge in [-0.2, -0.15) is 0 Å². The summed E-state index contributed by atoms with van der Waals surface area (Å²) in [4.78, 5) is 19.3. The first-order chi connectivity index (χ1) is 24.0. The van der Waals surface area contributed by atoms with Crippen molar-refractivity contribution in [3.63, 3.8) is 0 Å². The second-order valence-electron chi connectivity index (χ2n) is 13.2. The number of aromatic nitrogens is 5. The molecule has 3 aromatic heterocycles. The van der Waals surface area contributed by atoms with Crippen LogP contribution in [0.3, 0.4) is 0 Å². The molecule has 10 rings (SSSR count). The summed E-state index contributed by atoms with van der Waals surface area (Å²) in [6.07, 6.45) is 1.52. The van der Waals surface area contributed by atoms with Crippen LogP contribution in [0.15, 0.2) is 144 Å². The Balaban J connectivity index is 1.15. The van der Waals surface area contributed by atoms with E-state index >= 15 is 0 Å². The summed E-state index contributed by atoms with van der Waals surface area (Å²) in [7, 11) is 0. The van der Waals surface area contributed by atoms with Gasteiger partial charge in [-0.25, -0.2) is 19.9 Å². The maximum absolute atomic E-state index is 5.69. The van der Waals surface area contributed by atoms with Crippen molar-refractivity contribution in [2.75, 3.05) is 0 Å². The fourth-order valence-corrected chi connectivity index (χ4v) is 7.54. The Hall–Kier alpha value is -6.40. The van der Waals surface area contributed by atoms with Crippen LogP contribution in [-0.2, 0) is 5.41 Å². The van der Waals surface area contributed by atoms with Gasteiger partial charge in [-0.1, -0.05) is 98.8 Å². The van der Waals surface area contributed by atoms with Gasteiger partial charge in [-0.15, -0.1) is 0 Å². The first kappa shape index (κ1) is 27.7. The van der Waals surface area contributed by atoms with Crippen LogP contribution < -0.4 is 0 Å². The molecule has 3 heterocycles. The van der Waals surface area contributed by atoms with E-state index in [1.54, 1.807) is 0 Å². The lowest BCUT2D eigenvalue weighted by Gasteiger charge is -2.22. The number of oxazole rings is 1. The average Bonchev–Trinajstić information content (AvgIpc) is 3.82. The highest BCUT2D eigenvalue weighted by Gasteiger charge is 2.36. The van der Waals surface area contributed by atoms with Crippen LogP contribution in [0.1, 0.15) is 25.0 Å². The molecule has 0 atom stereocenters. The van der Waals surface area contributed by atoms with Gasteiger partial charge in [-0.05, 0) is 70.8 Å². The standard InChI is InChI=1S/C43H29N5O/c1-43(2)34-22-29(18-19-30(34)32-23-36-39(24-35(32)43)49-25-44-36)48-37-16-10-9-15-31(37)33-21-28(17-20-38(33)48)42-46-40(26-11-5-3-6-12-26)45-41(47-42)27-13-7-4-8-14-27/h3-25H,1-2H3. The van der Waals surface area contributed by atoms with Crippen LogP contribution in [0, 0.1) is 0 Å².